The fourth-order valence-corrected chi connectivity index (χ4v) is 16.8. The van der Waals surface area contributed by atoms with E-state index in [1.165, 1.54) is 221 Å². The molecule has 120 heavy (non-hydrogen) atoms. The van der Waals surface area contributed by atoms with Gasteiger partial charge >= 0.3 is 0 Å². The predicted molar refractivity (Wildman–Crippen MR) is 521 cm³/mol. The van der Waals surface area contributed by atoms with Crippen molar-refractivity contribution in [3.8, 4) is 111 Å². The van der Waals surface area contributed by atoms with Crippen LogP contribution in [0.5, 0.6) is 0 Å². The zero-order chi connectivity index (χ0) is 82.6. The van der Waals surface area contributed by atoms with Crippen LogP contribution in [0.4, 0.5) is 0 Å². The van der Waals surface area contributed by atoms with Crippen LogP contribution in [0.2, 0.25) is 0 Å². The van der Waals surface area contributed by atoms with E-state index in [1.807, 2.05) is 0 Å². The highest BCUT2D eigenvalue weighted by Gasteiger charge is 2.16. The van der Waals surface area contributed by atoms with Crippen molar-refractivity contribution in [3.63, 3.8) is 0 Å². The molecule has 0 saturated carbocycles. The largest absolute Gasteiger partial charge is 0.0620 e. The Morgan fingerprint density at radius 1 is 0.108 bits per heavy atom. The van der Waals surface area contributed by atoms with Crippen LogP contribution in [0.25, 0.3) is 165 Å². The van der Waals surface area contributed by atoms with Gasteiger partial charge < -0.3 is 0 Å². The Morgan fingerprint density at radius 3 is 0.658 bits per heavy atom. The molecule has 0 bridgehead atoms. The summed E-state index contributed by atoms with van der Waals surface area (Å²) in [7, 11) is 0. The van der Waals surface area contributed by atoms with Crippen molar-refractivity contribution in [2.24, 2.45) is 0 Å². The zero-order valence-electron chi connectivity index (χ0n) is 70.4. The summed E-state index contributed by atoms with van der Waals surface area (Å²) >= 11 is 0. The minimum Gasteiger partial charge on any atom is -0.0620 e. The Kier molecular flexibility index (Phi) is 24.2. The van der Waals surface area contributed by atoms with E-state index in [-0.39, 0.29) is 0 Å². The molecule has 0 N–H and O–H groups in total. The quantitative estimate of drug-likeness (QED) is 0.128. The topological polar surface area (TPSA) is 0 Å². The Hall–Kier alpha value is -14.3. The molecule has 20 rings (SSSR count). The molecule has 0 unspecified atom stereocenters. The van der Waals surface area contributed by atoms with E-state index in [9.17, 15) is 0 Å². The normalized spacial score (nSPS) is 10.9. The molecular weight excluding hydrogens is 1440 g/mol. The minimum absolute atomic E-state index is 1.26. The molecular formula is C120H100. The Labute approximate surface area is 709 Å². The van der Waals surface area contributed by atoms with Gasteiger partial charge in [0, 0.05) is 0 Å². The lowest BCUT2D eigenvalue weighted by Gasteiger charge is -2.14. The van der Waals surface area contributed by atoms with Gasteiger partial charge in [0.25, 0.3) is 0 Å². The van der Waals surface area contributed by atoms with Gasteiger partial charge in [0.15, 0.2) is 0 Å². The number of hydrogen-bond donors (Lipinski definition) is 0. The number of benzene rings is 20. The van der Waals surface area contributed by atoms with Crippen molar-refractivity contribution in [1.82, 2.24) is 0 Å². The van der Waals surface area contributed by atoms with Gasteiger partial charge in [-0.05, 0) is 317 Å². The van der Waals surface area contributed by atoms with Crippen molar-refractivity contribution < 1.29 is 0 Å². The number of aryl methyl sites for hydroxylation is 10. The van der Waals surface area contributed by atoms with Gasteiger partial charge in [0.2, 0.25) is 0 Å². The SMILES string of the molecule is Cc1ccc(-c2cc(-c3ccc(C)cc3)c3ccccc3c2)cc1.Cc1cccc(-c2cc(-c3cccc(C)c3)c3ccccc3c2)c1.Cc1cccc(-c2cc(-c3cccc(C)c3)c3ccccc3c2)c1.Cc1ccccc1-c1cc(-c2ccccc2C)c2ccccc2c1.Cc1ccccc1-c1cc(-c2ccccc2C)c2ccccc2c1. The molecule has 0 aliphatic rings. The smallest absolute Gasteiger partial charge is 0.00966 e. The van der Waals surface area contributed by atoms with E-state index in [0.717, 1.165) is 0 Å². The van der Waals surface area contributed by atoms with Gasteiger partial charge in [-0.2, -0.15) is 0 Å². The lowest BCUT2D eigenvalue weighted by molar-refractivity contribution is 1.45. The molecule has 0 amide bonds. The minimum atomic E-state index is 1.26. The summed E-state index contributed by atoms with van der Waals surface area (Å²) in [4.78, 5) is 0. The third kappa shape index (κ3) is 18.3. The van der Waals surface area contributed by atoms with Crippen LogP contribution >= 0.6 is 0 Å². The molecule has 0 saturated heterocycles. The molecule has 0 aromatic heterocycles. The lowest BCUT2D eigenvalue weighted by Crippen LogP contribution is -1.89. The van der Waals surface area contributed by atoms with E-state index in [0.29, 0.717) is 0 Å². The molecule has 0 fully saturated rings. The highest BCUT2D eigenvalue weighted by molar-refractivity contribution is 6.05. The van der Waals surface area contributed by atoms with Gasteiger partial charge in [0.1, 0.15) is 0 Å². The molecule has 0 aliphatic heterocycles. The molecule has 20 aromatic rings. The van der Waals surface area contributed by atoms with E-state index in [1.54, 1.807) is 0 Å². The summed E-state index contributed by atoms with van der Waals surface area (Å²) < 4.78 is 0. The first kappa shape index (κ1) is 79.5. The molecule has 580 valence electrons. The van der Waals surface area contributed by atoms with Crippen LogP contribution < -0.4 is 0 Å². The van der Waals surface area contributed by atoms with Gasteiger partial charge in [-0.1, -0.05) is 397 Å². The van der Waals surface area contributed by atoms with Crippen LogP contribution in [0.15, 0.2) is 425 Å². The second-order valence-corrected chi connectivity index (χ2v) is 32.2. The fourth-order valence-electron chi connectivity index (χ4n) is 16.8. The summed E-state index contributed by atoms with van der Waals surface area (Å²) in [5.41, 5.74) is 38.7. The highest BCUT2D eigenvalue weighted by atomic mass is 14.2. The highest BCUT2D eigenvalue weighted by Crippen LogP contribution is 2.42. The average Bonchev–Trinajstić information content (AvgIpc) is 0.739. The molecule has 0 spiro atoms. The second kappa shape index (κ2) is 36.5. The monoisotopic (exact) mass is 1540 g/mol. The van der Waals surface area contributed by atoms with Crippen molar-refractivity contribution in [3.05, 3.63) is 480 Å². The van der Waals surface area contributed by atoms with E-state index >= 15 is 0 Å². The number of hydrogen-bond acceptors (Lipinski definition) is 0. The number of fused-ring (bicyclic) bond motifs is 5. The van der Waals surface area contributed by atoms with Crippen molar-refractivity contribution >= 4 is 53.9 Å². The van der Waals surface area contributed by atoms with E-state index in [2.05, 4.69) is 494 Å². The average molecular weight is 1540 g/mol. The summed E-state index contributed by atoms with van der Waals surface area (Å²) in [5, 5.41) is 13.0. The maximum absolute atomic E-state index is 2.34. The molecule has 0 heterocycles. The van der Waals surface area contributed by atoms with Gasteiger partial charge in [0.05, 0.1) is 0 Å². The predicted octanol–water partition coefficient (Wildman–Crippen LogP) is 34.0. The summed E-state index contributed by atoms with van der Waals surface area (Å²) in [6, 6.07) is 153. The standard InChI is InChI=1S/5C24H20/c2*1-17-9-3-6-12-21(17)20-15-19-11-5-8-14-23(19)24(16-20)22-13-7-4-10-18(22)2;2*1-17-7-5-10-19(13-17)22-15-21-9-3-4-12-23(21)24(16-22)20-11-6-8-18(2)14-20;1-17-7-11-19(12-8-17)22-15-21-5-3-4-6-23(21)24(16-22)20-13-9-18(2)10-14-20/h5*3-16H,1-2H3. The Bertz CT molecular complexity index is 6730. The Morgan fingerprint density at radius 2 is 0.342 bits per heavy atom. The third-order valence-corrected chi connectivity index (χ3v) is 23.2. The maximum atomic E-state index is 2.34. The van der Waals surface area contributed by atoms with Crippen LogP contribution in [-0.4, -0.2) is 0 Å². The van der Waals surface area contributed by atoms with Gasteiger partial charge in [-0.15, -0.1) is 0 Å². The third-order valence-electron chi connectivity index (χ3n) is 23.2. The fraction of sp³-hybridized carbons (Fsp3) is 0.0833. The zero-order valence-corrected chi connectivity index (χ0v) is 70.4. The first-order valence-corrected chi connectivity index (χ1v) is 41.9. The lowest BCUT2D eigenvalue weighted by atomic mass is 9.90. The van der Waals surface area contributed by atoms with Crippen LogP contribution in [0.3, 0.4) is 0 Å². The van der Waals surface area contributed by atoms with E-state index in [4.69, 9.17) is 0 Å². The van der Waals surface area contributed by atoms with Crippen LogP contribution in [0, 0.1) is 69.2 Å². The van der Waals surface area contributed by atoms with Gasteiger partial charge in [-0.3, -0.25) is 0 Å². The van der Waals surface area contributed by atoms with E-state index < -0.39 is 0 Å². The van der Waals surface area contributed by atoms with Crippen LogP contribution in [0.1, 0.15) is 55.6 Å². The maximum Gasteiger partial charge on any atom is -0.00966 e. The number of rotatable bonds is 10. The Balaban J connectivity index is 0.000000112. The summed E-state index contributed by atoms with van der Waals surface area (Å²) in [5.74, 6) is 0. The van der Waals surface area contributed by atoms with Gasteiger partial charge in [-0.25, -0.2) is 0 Å². The van der Waals surface area contributed by atoms with Crippen molar-refractivity contribution in [2.75, 3.05) is 0 Å². The van der Waals surface area contributed by atoms with Crippen molar-refractivity contribution in [2.45, 2.75) is 69.2 Å². The molecule has 0 heteroatoms. The summed E-state index contributed by atoms with van der Waals surface area (Å²) in [6.07, 6.45) is 0. The van der Waals surface area contributed by atoms with Crippen molar-refractivity contribution in [1.29, 1.82) is 0 Å². The molecule has 0 radical (unpaired) electrons. The molecule has 20 aromatic carbocycles. The molecule has 0 nitrogen and oxygen atoms in total. The molecule has 0 atom stereocenters. The second-order valence-electron chi connectivity index (χ2n) is 32.2. The first-order chi connectivity index (χ1) is 58.6. The first-order valence-electron chi connectivity index (χ1n) is 41.9. The molecule has 0 aliphatic carbocycles. The van der Waals surface area contributed by atoms with Crippen LogP contribution in [-0.2, 0) is 0 Å². The summed E-state index contributed by atoms with van der Waals surface area (Å²) in [6.45, 7) is 21.6.